The zero-order valence-corrected chi connectivity index (χ0v) is 16.9. The van der Waals surface area contributed by atoms with Gasteiger partial charge >= 0.3 is 0 Å². The summed E-state index contributed by atoms with van der Waals surface area (Å²) in [6.45, 7) is 2.38. The molecular formula is C25H24N2O3. The molecule has 3 aromatic rings. The summed E-state index contributed by atoms with van der Waals surface area (Å²) in [5.74, 6) is 0.613. The number of fused-ring (bicyclic) bond motifs is 1. The SMILES string of the molecule is CC(=O)N1C=Cc2ccccc2C1CC(=O)N(Cc1ccccc1)Cc1ccco1. The first-order chi connectivity index (χ1) is 14.6. The van der Waals surface area contributed by atoms with Gasteiger partial charge in [-0.3, -0.25) is 9.59 Å². The fraction of sp³-hybridized carbons (Fsp3) is 0.200. The Balaban J connectivity index is 1.60. The summed E-state index contributed by atoms with van der Waals surface area (Å²) >= 11 is 0. The lowest BCUT2D eigenvalue weighted by atomic mass is 9.93. The Bertz CT molecular complexity index is 1040. The van der Waals surface area contributed by atoms with E-state index in [9.17, 15) is 9.59 Å². The summed E-state index contributed by atoms with van der Waals surface area (Å²) in [7, 11) is 0. The van der Waals surface area contributed by atoms with Crippen molar-refractivity contribution in [2.75, 3.05) is 0 Å². The largest absolute Gasteiger partial charge is 0.467 e. The number of amides is 2. The van der Waals surface area contributed by atoms with E-state index in [2.05, 4.69) is 0 Å². The summed E-state index contributed by atoms with van der Waals surface area (Å²) < 4.78 is 5.49. The minimum Gasteiger partial charge on any atom is -0.467 e. The molecule has 4 rings (SSSR count). The van der Waals surface area contributed by atoms with E-state index < -0.39 is 0 Å². The minimum absolute atomic E-state index is 0.0309. The van der Waals surface area contributed by atoms with E-state index in [0.717, 1.165) is 22.5 Å². The first-order valence-electron chi connectivity index (χ1n) is 10.0. The highest BCUT2D eigenvalue weighted by Crippen LogP contribution is 2.33. The van der Waals surface area contributed by atoms with Crippen molar-refractivity contribution in [2.24, 2.45) is 0 Å². The van der Waals surface area contributed by atoms with Gasteiger partial charge in [-0.25, -0.2) is 0 Å². The molecule has 2 heterocycles. The molecule has 1 aliphatic heterocycles. The van der Waals surface area contributed by atoms with Crippen LogP contribution >= 0.6 is 0 Å². The second kappa shape index (κ2) is 8.82. The second-order valence-corrected chi connectivity index (χ2v) is 7.41. The highest BCUT2D eigenvalue weighted by Gasteiger charge is 2.30. The van der Waals surface area contributed by atoms with Gasteiger partial charge in [0.1, 0.15) is 5.76 Å². The molecule has 30 heavy (non-hydrogen) atoms. The molecule has 2 amide bonds. The number of hydrogen-bond acceptors (Lipinski definition) is 3. The van der Waals surface area contributed by atoms with Crippen LogP contribution in [0.2, 0.25) is 0 Å². The Labute approximate surface area is 176 Å². The fourth-order valence-electron chi connectivity index (χ4n) is 3.83. The predicted molar refractivity (Wildman–Crippen MR) is 115 cm³/mol. The van der Waals surface area contributed by atoms with Crippen molar-refractivity contribution in [3.63, 3.8) is 0 Å². The summed E-state index contributed by atoms with van der Waals surface area (Å²) in [5.41, 5.74) is 3.07. The number of carbonyl (C=O) groups excluding carboxylic acids is 2. The van der Waals surface area contributed by atoms with Crippen LogP contribution in [0.3, 0.4) is 0 Å². The molecule has 0 aliphatic carbocycles. The molecule has 1 aromatic heterocycles. The van der Waals surface area contributed by atoms with Crippen LogP contribution in [0.25, 0.3) is 6.08 Å². The van der Waals surface area contributed by atoms with Crippen molar-refractivity contribution in [3.05, 3.63) is 102 Å². The van der Waals surface area contributed by atoms with Crippen molar-refractivity contribution in [2.45, 2.75) is 32.5 Å². The smallest absolute Gasteiger partial charge is 0.225 e. The lowest BCUT2D eigenvalue weighted by Gasteiger charge is -2.34. The maximum atomic E-state index is 13.4. The molecule has 152 valence electrons. The Morgan fingerprint density at radius 3 is 2.47 bits per heavy atom. The predicted octanol–water partition coefficient (Wildman–Crippen LogP) is 4.77. The highest BCUT2D eigenvalue weighted by atomic mass is 16.3. The van der Waals surface area contributed by atoms with Crippen LogP contribution in [0.5, 0.6) is 0 Å². The molecule has 2 aromatic carbocycles. The number of rotatable bonds is 6. The summed E-state index contributed by atoms with van der Waals surface area (Å²) in [4.78, 5) is 29.1. The third kappa shape index (κ3) is 4.35. The van der Waals surface area contributed by atoms with Crippen LogP contribution in [0.1, 0.15) is 41.8 Å². The van der Waals surface area contributed by atoms with Gasteiger partial charge in [0, 0.05) is 19.7 Å². The molecule has 5 heteroatoms. The first kappa shape index (κ1) is 19.7. The van der Waals surface area contributed by atoms with E-state index in [1.807, 2.05) is 72.8 Å². The molecule has 0 fully saturated rings. The number of nitrogens with zero attached hydrogens (tertiary/aromatic N) is 2. The van der Waals surface area contributed by atoms with Crippen molar-refractivity contribution in [3.8, 4) is 0 Å². The normalized spacial score (nSPS) is 15.0. The molecule has 0 radical (unpaired) electrons. The molecule has 1 unspecified atom stereocenters. The standard InChI is InChI=1S/C25H24N2O3/c1-19(28)27-14-13-21-10-5-6-12-23(21)24(27)16-25(29)26(18-22-11-7-15-30-22)17-20-8-3-2-4-9-20/h2-15,24H,16-18H2,1H3. The molecule has 1 aliphatic rings. The van der Waals surface area contributed by atoms with Crippen LogP contribution in [0.4, 0.5) is 0 Å². The average molecular weight is 400 g/mol. The van der Waals surface area contributed by atoms with E-state index in [4.69, 9.17) is 4.42 Å². The minimum atomic E-state index is -0.328. The highest BCUT2D eigenvalue weighted by molar-refractivity contribution is 5.82. The molecule has 1 atom stereocenters. The Kier molecular flexibility index (Phi) is 5.80. The second-order valence-electron chi connectivity index (χ2n) is 7.41. The Morgan fingerprint density at radius 2 is 1.73 bits per heavy atom. The van der Waals surface area contributed by atoms with Gasteiger partial charge in [0.2, 0.25) is 11.8 Å². The van der Waals surface area contributed by atoms with E-state index in [1.165, 1.54) is 6.92 Å². The van der Waals surface area contributed by atoms with Gasteiger partial charge in [-0.15, -0.1) is 0 Å². The number of benzene rings is 2. The van der Waals surface area contributed by atoms with Crippen molar-refractivity contribution >= 4 is 17.9 Å². The Hall–Kier alpha value is -3.60. The van der Waals surface area contributed by atoms with Gasteiger partial charge in [-0.2, -0.15) is 0 Å². The van der Waals surface area contributed by atoms with Crippen molar-refractivity contribution in [1.29, 1.82) is 0 Å². The number of furan rings is 1. The van der Waals surface area contributed by atoms with Crippen LogP contribution < -0.4 is 0 Å². The van der Waals surface area contributed by atoms with Crippen molar-refractivity contribution < 1.29 is 14.0 Å². The summed E-state index contributed by atoms with van der Waals surface area (Å²) in [5, 5.41) is 0. The van der Waals surface area contributed by atoms with Crippen LogP contribution in [-0.2, 0) is 22.7 Å². The summed E-state index contributed by atoms with van der Waals surface area (Å²) in [6, 6.07) is 21.1. The van der Waals surface area contributed by atoms with Crippen LogP contribution in [-0.4, -0.2) is 21.6 Å². The van der Waals surface area contributed by atoms with E-state index in [0.29, 0.717) is 13.1 Å². The number of carbonyl (C=O) groups is 2. The van der Waals surface area contributed by atoms with E-state index in [1.54, 1.807) is 22.3 Å². The maximum absolute atomic E-state index is 13.4. The van der Waals surface area contributed by atoms with Gasteiger partial charge < -0.3 is 14.2 Å². The topological polar surface area (TPSA) is 53.8 Å². The van der Waals surface area contributed by atoms with Crippen LogP contribution in [0.15, 0.2) is 83.6 Å². The van der Waals surface area contributed by atoms with Gasteiger partial charge in [0.15, 0.2) is 0 Å². The quantitative estimate of drug-likeness (QED) is 0.599. The fourth-order valence-corrected chi connectivity index (χ4v) is 3.83. The first-order valence-corrected chi connectivity index (χ1v) is 10.0. The molecule has 0 saturated heterocycles. The van der Waals surface area contributed by atoms with Gasteiger partial charge in [-0.05, 0) is 34.9 Å². The number of hydrogen-bond donors (Lipinski definition) is 0. The maximum Gasteiger partial charge on any atom is 0.225 e. The lowest BCUT2D eigenvalue weighted by molar-refractivity contribution is -0.135. The molecule has 5 nitrogen and oxygen atoms in total. The molecule has 0 bridgehead atoms. The lowest BCUT2D eigenvalue weighted by Crippen LogP contribution is -2.37. The Morgan fingerprint density at radius 1 is 0.967 bits per heavy atom. The molecule has 0 saturated carbocycles. The van der Waals surface area contributed by atoms with Gasteiger partial charge in [-0.1, -0.05) is 54.6 Å². The zero-order chi connectivity index (χ0) is 20.9. The third-order valence-corrected chi connectivity index (χ3v) is 5.33. The van der Waals surface area contributed by atoms with Crippen molar-refractivity contribution in [1.82, 2.24) is 9.80 Å². The third-order valence-electron chi connectivity index (χ3n) is 5.33. The van der Waals surface area contributed by atoms with Gasteiger partial charge in [0.25, 0.3) is 0 Å². The van der Waals surface area contributed by atoms with E-state index in [-0.39, 0.29) is 24.3 Å². The zero-order valence-electron chi connectivity index (χ0n) is 16.9. The monoisotopic (exact) mass is 400 g/mol. The molecular weight excluding hydrogens is 376 g/mol. The van der Waals surface area contributed by atoms with E-state index >= 15 is 0 Å². The average Bonchev–Trinajstić information content (AvgIpc) is 3.27. The van der Waals surface area contributed by atoms with Gasteiger partial charge in [0.05, 0.1) is 25.3 Å². The molecule has 0 N–H and O–H groups in total. The molecule has 0 spiro atoms. The summed E-state index contributed by atoms with van der Waals surface area (Å²) in [6.07, 6.45) is 5.51. The van der Waals surface area contributed by atoms with Crippen LogP contribution in [0, 0.1) is 0 Å².